The van der Waals surface area contributed by atoms with Crippen molar-refractivity contribution in [2.45, 2.75) is 13.0 Å². The predicted octanol–water partition coefficient (Wildman–Crippen LogP) is 2.72. The topological polar surface area (TPSA) is 60.9 Å². The largest absolute Gasteiger partial charge is 0.328 e. The highest BCUT2D eigenvalue weighted by Crippen LogP contribution is 2.25. The van der Waals surface area contributed by atoms with Crippen molar-refractivity contribution in [3.63, 3.8) is 0 Å². The van der Waals surface area contributed by atoms with Crippen LogP contribution in [0.25, 0.3) is 22.0 Å². The minimum absolute atomic E-state index is 0.167. The molecule has 112 valence electrons. The summed E-state index contributed by atoms with van der Waals surface area (Å²) in [7, 11) is 0. The Kier molecular flexibility index (Phi) is 3.73. The van der Waals surface area contributed by atoms with Crippen LogP contribution >= 0.6 is 0 Å². The van der Waals surface area contributed by atoms with E-state index in [1.165, 1.54) is 16.8 Å². The molecule has 5 heteroatoms. The summed E-state index contributed by atoms with van der Waals surface area (Å²) in [5.41, 5.74) is 6.92. The van der Waals surface area contributed by atoms with Crippen molar-refractivity contribution in [3.8, 4) is 11.3 Å². The first-order valence-electron chi connectivity index (χ1n) is 7.09. The Morgan fingerprint density at radius 3 is 2.41 bits per heavy atom. The molecule has 0 aliphatic heterocycles. The minimum atomic E-state index is -0.309. The Morgan fingerprint density at radius 2 is 1.77 bits per heavy atom. The SMILES string of the molecule is CC(CN)n1nc(-c2ccc(F)cc2)c2ccccc2c1=O. The Balaban J connectivity index is 2.35. The summed E-state index contributed by atoms with van der Waals surface area (Å²) in [5.74, 6) is -0.309. The van der Waals surface area contributed by atoms with Crippen LogP contribution in [0, 0.1) is 5.82 Å². The number of hydrogen-bond acceptors (Lipinski definition) is 3. The van der Waals surface area contributed by atoms with Gasteiger partial charge in [-0.05, 0) is 37.3 Å². The van der Waals surface area contributed by atoms with Crippen LogP contribution in [0.4, 0.5) is 4.39 Å². The maximum Gasteiger partial charge on any atom is 0.274 e. The van der Waals surface area contributed by atoms with Gasteiger partial charge in [-0.15, -0.1) is 0 Å². The molecule has 0 saturated carbocycles. The lowest BCUT2D eigenvalue weighted by atomic mass is 10.0. The Labute approximate surface area is 127 Å². The van der Waals surface area contributed by atoms with Crippen LogP contribution in [0.5, 0.6) is 0 Å². The van der Waals surface area contributed by atoms with E-state index in [-0.39, 0.29) is 17.4 Å². The zero-order valence-electron chi connectivity index (χ0n) is 12.2. The third kappa shape index (κ3) is 2.40. The number of aromatic nitrogens is 2. The number of halogens is 1. The standard InChI is InChI=1S/C17H16FN3O/c1-11(10-19)21-17(22)15-5-3-2-4-14(15)16(20-21)12-6-8-13(18)9-7-12/h2-9,11H,10,19H2,1H3. The summed E-state index contributed by atoms with van der Waals surface area (Å²) >= 11 is 0. The van der Waals surface area contributed by atoms with E-state index in [9.17, 15) is 9.18 Å². The van der Waals surface area contributed by atoms with Gasteiger partial charge in [-0.3, -0.25) is 4.79 Å². The molecule has 4 nitrogen and oxygen atoms in total. The number of hydrogen-bond donors (Lipinski definition) is 1. The van der Waals surface area contributed by atoms with Crippen molar-refractivity contribution < 1.29 is 4.39 Å². The van der Waals surface area contributed by atoms with Crippen LogP contribution in [0.1, 0.15) is 13.0 Å². The Hall–Kier alpha value is -2.53. The lowest BCUT2D eigenvalue weighted by molar-refractivity contribution is 0.481. The van der Waals surface area contributed by atoms with Gasteiger partial charge in [-0.2, -0.15) is 5.10 Å². The van der Waals surface area contributed by atoms with E-state index in [4.69, 9.17) is 5.73 Å². The van der Waals surface area contributed by atoms with Crippen LogP contribution in [0.2, 0.25) is 0 Å². The van der Waals surface area contributed by atoms with Crippen LogP contribution in [-0.2, 0) is 0 Å². The molecule has 1 heterocycles. The van der Waals surface area contributed by atoms with Crippen molar-refractivity contribution >= 4 is 10.8 Å². The van der Waals surface area contributed by atoms with E-state index >= 15 is 0 Å². The van der Waals surface area contributed by atoms with Gasteiger partial charge in [0.2, 0.25) is 0 Å². The highest BCUT2D eigenvalue weighted by molar-refractivity contribution is 5.93. The van der Waals surface area contributed by atoms with Gasteiger partial charge in [-0.1, -0.05) is 18.2 Å². The van der Waals surface area contributed by atoms with Crippen LogP contribution in [0.15, 0.2) is 53.3 Å². The molecule has 0 bridgehead atoms. The van der Waals surface area contributed by atoms with E-state index in [0.29, 0.717) is 17.6 Å². The first kappa shape index (κ1) is 14.4. The van der Waals surface area contributed by atoms with Crippen LogP contribution in [-0.4, -0.2) is 16.3 Å². The van der Waals surface area contributed by atoms with E-state index in [0.717, 1.165) is 10.9 Å². The Morgan fingerprint density at radius 1 is 1.14 bits per heavy atom. The fourth-order valence-corrected chi connectivity index (χ4v) is 2.43. The van der Waals surface area contributed by atoms with E-state index in [1.807, 2.05) is 25.1 Å². The molecule has 1 unspecified atom stereocenters. The van der Waals surface area contributed by atoms with E-state index in [1.54, 1.807) is 18.2 Å². The molecule has 0 fully saturated rings. The number of benzene rings is 2. The van der Waals surface area contributed by atoms with Crippen molar-refractivity contribution in [1.82, 2.24) is 9.78 Å². The molecule has 0 radical (unpaired) electrons. The molecule has 0 amide bonds. The average molecular weight is 297 g/mol. The first-order chi connectivity index (χ1) is 10.6. The summed E-state index contributed by atoms with van der Waals surface area (Å²) in [5, 5.41) is 5.80. The summed E-state index contributed by atoms with van der Waals surface area (Å²) < 4.78 is 14.6. The highest BCUT2D eigenvalue weighted by Gasteiger charge is 2.14. The molecule has 3 aromatic rings. The fraction of sp³-hybridized carbons (Fsp3) is 0.176. The van der Waals surface area contributed by atoms with Gasteiger partial charge in [0.15, 0.2) is 0 Å². The maximum atomic E-state index is 13.2. The highest BCUT2D eigenvalue weighted by atomic mass is 19.1. The van der Waals surface area contributed by atoms with E-state index in [2.05, 4.69) is 5.10 Å². The second-order valence-electron chi connectivity index (χ2n) is 5.24. The number of nitrogens with two attached hydrogens (primary N) is 1. The quantitative estimate of drug-likeness (QED) is 0.808. The van der Waals surface area contributed by atoms with Crippen molar-refractivity contribution in [2.75, 3.05) is 6.54 Å². The van der Waals surface area contributed by atoms with Crippen molar-refractivity contribution in [2.24, 2.45) is 5.73 Å². The molecule has 0 aliphatic carbocycles. The summed E-state index contributed by atoms with van der Waals surface area (Å²) in [6, 6.07) is 13.2. The maximum absolute atomic E-state index is 13.2. The molecule has 22 heavy (non-hydrogen) atoms. The molecule has 2 N–H and O–H groups in total. The molecule has 1 atom stereocenters. The van der Waals surface area contributed by atoms with Crippen molar-refractivity contribution in [1.29, 1.82) is 0 Å². The molecule has 0 spiro atoms. The number of rotatable bonds is 3. The lowest BCUT2D eigenvalue weighted by Gasteiger charge is -2.15. The van der Waals surface area contributed by atoms with Gasteiger partial charge in [0.1, 0.15) is 5.82 Å². The van der Waals surface area contributed by atoms with Gasteiger partial charge in [0.05, 0.1) is 17.1 Å². The zero-order valence-corrected chi connectivity index (χ0v) is 12.2. The molecule has 3 rings (SSSR count). The molecular weight excluding hydrogens is 281 g/mol. The van der Waals surface area contributed by atoms with Crippen LogP contribution in [0.3, 0.4) is 0 Å². The van der Waals surface area contributed by atoms with Gasteiger partial charge in [-0.25, -0.2) is 9.07 Å². The van der Waals surface area contributed by atoms with Gasteiger partial charge in [0.25, 0.3) is 5.56 Å². The fourth-order valence-electron chi connectivity index (χ4n) is 2.43. The van der Waals surface area contributed by atoms with Crippen LogP contribution < -0.4 is 11.3 Å². The average Bonchev–Trinajstić information content (AvgIpc) is 2.56. The molecule has 0 aliphatic rings. The molecule has 0 saturated heterocycles. The Bertz CT molecular complexity index is 871. The molecule has 2 aromatic carbocycles. The van der Waals surface area contributed by atoms with Gasteiger partial charge in [0, 0.05) is 17.5 Å². The third-order valence-electron chi connectivity index (χ3n) is 3.70. The number of nitrogens with zero attached hydrogens (tertiary/aromatic N) is 2. The third-order valence-corrected chi connectivity index (χ3v) is 3.70. The smallest absolute Gasteiger partial charge is 0.274 e. The summed E-state index contributed by atoms with van der Waals surface area (Å²) in [6.07, 6.45) is 0. The molecule has 1 aromatic heterocycles. The molecular formula is C17H16FN3O. The normalized spacial score (nSPS) is 12.5. The lowest BCUT2D eigenvalue weighted by Crippen LogP contribution is -2.30. The monoisotopic (exact) mass is 297 g/mol. The summed E-state index contributed by atoms with van der Waals surface area (Å²) in [4.78, 5) is 12.6. The van der Waals surface area contributed by atoms with E-state index < -0.39 is 0 Å². The minimum Gasteiger partial charge on any atom is -0.328 e. The first-order valence-corrected chi connectivity index (χ1v) is 7.09. The van der Waals surface area contributed by atoms with Crippen molar-refractivity contribution in [3.05, 3.63) is 64.7 Å². The van der Waals surface area contributed by atoms with Gasteiger partial charge < -0.3 is 5.73 Å². The second kappa shape index (κ2) is 5.69. The predicted molar refractivity (Wildman–Crippen MR) is 85.2 cm³/mol. The zero-order chi connectivity index (χ0) is 15.7. The second-order valence-corrected chi connectivity index (χ2v) is 5.24. The van der Waals surface area contributed by atoms with Gasteiger partial charge >= 0.3 is 0 Å². The number of fused-ring (bicyclic) bond motifs is 1. The summed E-state index contributed by atoms with van der Waals surface area (Å²) in [6.45, 7) is 2.16.